The van der Waals surface area contributed by atoms with Crippen LogP contribution in [-0.4, -0.2) is 29.6 Å². The number of hydrogen-bond donors (Lipinski definition) is 2. The van der Waals surface area contributed by atoms with Crippen LogP contribution in [0.25, 0.3) is 0 Å². The normalized spacial score (nSPS) is 11.2. The third kappa shape index (κ3) is 4.32. The Kier molecular flexibility index (Phi) is 5.60. The number of hydrogen-bond acceptors (Lipinski definition) is 3. The van der Waals surface area contributed by atoms with Crippen LogP contribution in [0.2, 0.25) is 0 Å². The van der Waals surface area contributed by atoms with Gasteiger partial charge in [0.25, 0.3) is 5.91 Å². The number of carboxylic acids is 1. The second-order valence-corrected chi connectivity index (χ2v) is 4.38. The number of ether oxygens (including phenoxy) is 1. The molecule has 1 atom stereocenters. The van der Waals surface area contributed by atoms with E-state index in [2.05, 4.69) is 11.2 Å². The summed E-state index contributed by atoms with van der Waals surface area (Å²) in [5.41, 5.74) is 1.83. The lowest BCUT2D eigenvalue weighted by Crippen LogP contribution is -2.42. The molecule has 2 N–H and O–H groups in total. The van der Waals surface area contributed by atoms with E-state index in [1.54, 1.807) is 0 Å². The third-order valence-corrected chi connectivity index (χ3v) is 2.71. The van der Waals surface area contributed by atoms with Crippen molar-refractivity contribution >= 4 is 11.9 Å². The quantitative estimate of drug-likeness (QED) is 0.767. The Balaban J connectivity index is 2.60. The molecule has 0 aliphatic rings. The fraction of sp³-hybridized carbons (Fsp3) is 0.333. The average molecular weight is 275 g/mol. The zero-order valence-electron chi connectivity index (χ0n) is 11.5. The molecule has 1 unspecified atom stereocenters. The van der Waals surface area contributed by atoms with Gasteiger partial charge < -0.3 is 15.2 Å². The largest absolute Gasteiger partial charge is 0.483 e. The van der Waals surface area contributed by atoms with Crippen molar-refractivity contribution in [3.8, 4) is 18.1 Å². The number of terminal acetylenes is 1. The minimum atomic E-state index is -1.16. The molecule has 1 amide bonds. The first kappa shape index (κ1) is 15.6. The van der Waals surface area contributed by atoms with Gasteiger partial charge in [0.15, 0.2) is 6.61 Å². The van der Waals surface area contributed by atoms with E-state index in [-0.39, 0.29) is 13.0 Å². The van der Waals surface area contributed by atoms with Crippen molar-refractivity contribution in [1.82, 2.24) is 5.32 Å². The van der Waals surface area contributed by atoms with Gasteiger partial charge in [-0.2, -0.15) is 0 Å². The molecule has 0 saturated carbocycles. The van der Waals surface area contributed by atoms with Crippen LogP contribution in [-0.2, 0) is 9.59 Å². The topological polar surface area (TPSA) is 75.6 Å². The Hall–Kier alpha value is -2.48. The van der Waals surface area contributed by atoms with Crippen LogP contribution in [0.5, 0.6) is 5.75 Å². The molecule has 5 nitrogen and oxygen atoms in total. The number of rotatable bonds is 6. The summed E-state index contributed by atoms with van der Waals surface area (Å²) >= 11 is 0. The lowest BCUT2D eigenvalue weighted by molar-refractivity contribution is -0.141. The summed E-state index contributed by atoms with van der Waals surface area (Å²) in [7, 11) is 0. The van der Waals surface area contributed by atoms with Crippen molar-refractivity contribution in [2.45, 2.75) is 26.3 Å². The van der Waals surface area contributed by atoms with Crippen molar-refractivity contribution in [1.29, 1.82) is 0 Å². The highest BCUT2D eigenvalue weighted by atomic mass is 16.5. The molecule has 1 rings (SSSR count). The minimum absolute atomic E-state index is 0.0650. The third-order valence-electron chi connectivity index (χ3n) is 2.71. The number of carbonyl (C=O) groups is 2. The molecule has 106 valence electrons. The van der Waals surface area contributed by atoms with E-state index in [1.807, 2.05) is 32.0 Å². The van der Waals surface area contributed by atoms with Gasteiger partial charge in [0.1, 0.15) is 11.8 Å². The molecule has 0 heterocycles. The highest BCUT2D eigenvalue weighted by molar-refractivity contribution is 5.84. The molecular weight excluding hydrogens is 258 g/mol. The van der Waals surface area contributed by atoms with E-state index in [1.165, 1.54) is 0 Å². The Morgan fingerprint density at radius 3 is 2.50 bits per heavy atom. The number of carbonyl (C=O) groups excluding carboxylic acids is 1. The van der Waals surface area contributed by atoms with Gasteiger partial charge in [-0.05, 0) is 25.0 Å². The van der Waals surface area contributed by atoms with Crippen LogP contribution in [0.3, 0.4) is 0 Å². The molecular formula is C15H17NO4. The highest BCUT2D eigenvalue weighted by Crippen LogP contribution is 2.21. The maximum atomic E-state index is 11.7. The van der Waals surface area contributed by atoms with E-state index in [9.17, 15) is 9.59 Å². The SMILES string of the molecule is C#CCC(NC(=O)COc1c(C)cccc1C)C(=O)O. The number of nitrogens with one attached hydrogen (secondary N) is 1. The lowest BCUT2D eigenvalue weighted by atomic mass is 10.1. The number of aryl methyl sites for hydroxylation is 2. The van der Waals surface area contributed by atoms with Crippen LogP contribution in [0.1, 0.15) is 17.5 Å². The summed E-state index contributed by atoms with van der Waals surface area (Å²) in [5, 5.41) is 11.2. The molecule has 0 saturated heterocycles. The fourth-order valence-electron chi connectivity index (χ4n) is 1.72. The standard InChI is InChI=1S/C15H17NO4/c1-4-6-12(15(18)19)16-13(17)9-20-14-10(2)7-5-8-11(14)3/h1,5,7-8,12H,6,9H2,2-3H3,(H,16,17)(H,18,19). The number of amides is 1. The second-order valence-electron chi connectivity index (χ2n) is 4.38. The fourth-order valence-corrected chi connectivity index (χ4v) is 1.72. The summed E-state index contributed by atoms with van der Waals surface area (Å²) in [6.07, 6.45) is 4.99. The summed E-state index contributed by atoms with van der Waals surface area (Å²) in [5.74, 6) is 1.16. The summed E-state index contributed by atoms with van der Waals surface area (Å²) in [6, 6.07) is 4.55. The zero-order valence-corrected chi connectivity index (χ0v) is 11.5. The van der Waals surface area contributed by atoms with Crippen molar-refractivity contribution in [2.24, 2.45) is 0 Å². The average Bonchev–Trinajstić information content (AvgIpc) is 2.37. The number of carboxylic acid groups (broad SMARTS) is 1. The van der Waals surface area contributed by atoms with Gasteiger partial charge in [-0.3, -0.25) is 4.79 Å². The summed E-state index contributed by atoms with van der Waals surface area (Å²) < 4.78 is 5.43. The van der Waals surface area contributed by atoms with E-state index in [0.717, 1.165) is 11.1 Å². The first-order valence-electron chi connectivity index (χ1n) is 6.10. The first-order valence-corrected chi connectivity index (χ1v) is 6.10. The van der Waals surface area contributed by atoms with Crippen LogP contribution < -0.4 is 10.1 Å². The second kappa shape index (κ2) is 7.19. The van der Waals surface area contributed by atoms with Gasteiger partial charge in [-0.15, -0.1) is 12.3 Å². The Bertz CT molecular complexity index is 525. The zero-order chi connectivity index (χ0) is 15.1. The molecule has 0 aliphatic carbocycles. The van der Waals surface area contributed by atoms with Gasteiger partial charge in [0.2, 0.25) is 0 Å². The molecule has 5 heteroatoms. The number of benzene rings is 1. The summed E-state index contributed by atoms with van der Waals surface area (Å²) in [4.78, 5) is 22.5. The van der Waals surface area contributed by atoms with Crippen molar-refractivity contribution < 1.29 is 19.4 Å². The van der Waals surface area contributed by atoms with Crippen molar-refractivity contribution in [2.75, 3.05) is 6.61 Å². The minimum Gasteiger partial charge on any atom is -0.483 e. The Labute approximate surface area is 117 Å². The molecule has 0 aliphatic heterocycles. The monoisotopic (exact) mass is 275 g/mol. The van der Waals surface area contributed by atoms with Gasteiger partial charge in [0.05, 0.1) is 0 Å². The molecule has 0 radical (unpaired) electrons. The van der Waals surface area contributed by atoms with Gasteiger partial charge >= 0.3 is 5.97 Å². The van der Waals surface area contributed by atoms with Gasteiger partial charge in [-0.1, -0.05) is 18.2 Å². The highest BCUT2D eigenvalue weighted by Gasteiger charge is 2.19. The van der Waals surface area contributed by atoms with E-state index < -0.39 is 17.9 Å². The lowest BCUT2D eigenvalue weighted by Gasteiger charge is -2.14. The van der Waals surface area contributed by atoms with Gasteiger partial charge in [-0.25, -0.2) is 4.79 Å². The predicted molar refractivity (Wildman–Crippen MR) is 74.4 cm³/mol. The van der Waals surface area contributed by atoms with Crippen LogP contribution in [0, 0.1) is 26.2 Å². The summed E-state index contributed by atoms with van der Waals surface area (Å²) in [6.45, 7) is 3.50. The molecule has 0 bridgehead atoms. The van der Waals surface area contributed by atoms with Crippen molar-refractivity contribution in [3.05, 3.63) is 29.3 Å². The maximum Gasteiger partial charge on any atom is 0.327 e. The van der Waals surface area contributed by atoms with Crippen LogP contribution in [0.15, 0.2) is 18.2 Å². The van der Waals surface area contributed by atoms with E-state index in [4.69, 9.17) is 16.3 Å². The Morgan fingerprint density at radius 2 is 2.00 bits per heavy atom. The predicted octanol–water partition coefficient (Wildman–Crippen LogP) is 1.27. The molecule has 0 spiro atoms. The van der Waals surface area contributed by atoms with Crippen molar-refractivity contribution in [3.63, 3.8) is 0 Å². The molecule has 1 aromatic carbocycles. The van der Waals surface area contributed by atoms with E-state index in [0.29, 0.717) is 5.75 Å². The Morgan fingerprint density at radius 1 is 1.40 bits per heavy atom. The van der Waals surface area contributed by atoms with E-state index >= 15 is 0 Å². The molecule has 0 fully saturated rings. The van der Waals surface area contributed by atoms with Gasteiger partial charge in [0, 0.05) is 6.42 Å². The van der Waals surface area contributed by atoms with Crippen LogP contribution >= 0.6 is 0 Å². The maximum absolute atomic E-state index is 11.7. The molecule has 20 heavy (non-hydrogen) atoms. The first-order chi connectivity index (χ1) is 9.45. The smallest absolute Gasteiger partial charge is 0.327 e. The number of para-hydroxylation sites is 1. The molecule has 0 aromatic heterocycles. The number of aliphatic carboxylic acids is 1. The van der Waals surface area contributed by atoms with Crippen LogP contribution in [0.4, 0.5) is 0 Å². The molecule has 1 aromatic rings.